The minimum Gasteiger partial charge on any atom is -0.313 e. The van der Waals surface area contributed by atoms with Crippen molar-refractivity contribution in [3.63, 3.8) is 0 Å². The molecule has 1 aliphatic rings. The highest BCUT2D eigenvalue weighted by Gasteiger charge is 2.34. The van der Waals surface area contributed by atoms with Gasteiger partial charge in [0, 0.05) is 11.6 Å². The van der Waals surface area contributed by atoms with Gasteiger partial charge >= 0.3 is 0 Å². The smallest absolute Gasteiger partial charge is 0.130 e. The van der Waals surface area contributed by atoms with Crippen LogP contribution in [0.4, 0.5) is 8.78 Å². The van der Waals surface area contributed by atoms with Crippen molar-refractivity contribution in [2.24, 2.45) is 5.92 Å². The van der Waals surface area contributed by atoms with Crippen LogP contribution >= 0.6 is 0 Å². The van der Waals surface area contributed by atoms with Crippen molar-refractivity contribution in [1.29, 1.82) is 0 Å². The first-order valence-corrected chi connectivity index (χ1v) is 4.85. The third-order valence-corrected chi connectivity index (χ3v) is 2.72. The zero-order chi connectivity index (χ0) is 10.1. The van der Waals surface area contributed by atoms with E-state index in [9.17, 15) is 8.78 Å². The van der Waals surface area contributed by atoms with Crippen molar-refractivity contribution < 1.29 is 8.78 Å². The summed E-state index contributed by atoms with van der Waals surface area (Å²) in [6.45, 7) is 0. The van der Waals surface area contributed by atoms with Gasteiger partial charge in [0.05, 0.1) is 0 Å². The van der Waals surface area contributed by atoms with Gasteiger partial charge in [-0.1, -0.05) is 6.07 Å². The lowest BCUT2D eigenvalue weighted by Gasteiger charge is -2.17. The lowest BCUT2D eigenvalue weighted by atomic mass is 10.0. The molecule has 0 heterocycles. The van der Waals surface area contributed by atoms with E-state index in [1.165, 1.54) is 18.2 Å². The van der Waals surface area contributed by atoms with Crippen LogP contribution in [0.5, 0.6) is 0 Å². The molecule has 0 bridgehead atoms. The highest BCUT2D eigenvalue weighted by molar-refractivity contribution is 5.25. The Kier molecular flexibility index (Phi) is 2.50. The van der Waals surface area contributed by atoms with Crippen LogP contribution in [0.1, 0.15) is 24.4 Å². The maximum Gasteiger partial charge on any atom is 0.130 e. The van der Waals surface area contributed by atoms with Crippen LogP contribution in [-0.4, -0.2) is 7.05 Å². The average molecular weight is 197 g/mol. The van der Waals surface area contributed by atoms with Crippen molar-refractivity contribution in [3.8, 4) is 0 Å². The first kappa shape index (κ1) is 9.59. The van der Waals surface area contributed by atoms with Gasteiger partial charge in [-0.3, -0.25) is 0 Å². The Bertz CT molecular complexity index is 314. The van der Waals surface area contributed by atoms with E-state index in [0.29, 0.717) is 5.92 Å². The Labute approximate surface area is 82.1 Å². The molecule has 0 radical (unpaired) electrons. The number of hydrogen-bond acceptors (Lipinski definition) is 1. The van der Waals surface area contributed by atoms with E-state index in [0.717, 1.165) is 12.8 Å². The summed E-state index contributed by atoms with van der Waals surface area (Å²) in [6.07, 6.45) is 2.11. The van der Waals surface area contributed by atoms with Gasteiger partial charge in [0.1, 0.15) is 11.6 Å². The molecule has 0 saturated heterocycles. The summed E-state index contributed by atoms with van der Waals surface area (Å²) in [7, 11) is 1.74. The van der Waals surface area contributed by atoms with Crippen molar-refractivity contribution in [2.75, 3.05) is 7.05 Å². The molecule has 0 aliphatic heterocycles. The Balaban J connectivity index is 2.36. The highest BCUT2D eigenvalue weighted by atomic mass is 19.1. The molecule has 1 atom stereocenters. The molecule has 1 unspecified atom stereocenters. The lowest BCUT2D eigenvalue weighted by molar-refractivity contribution is 0.458. The van der Waals surface area contributed by atoms with Crippen LogP contribution in [0.2, 0.25) is 0 Å². The van der Waals surface area contributed by atoms with Gasteiger partial charge in [-0.2, -0.15) is 0 Å². The van der Waals surface area contributed by atoms with E-state index in [1.807, 2.05) is 0 Å². The molecule has 14 heavy (non-hydrogen) atoms. The maximum atomic E-state index is 13.4. The van der Waals surface area contributed by atoms with Gasteiger partial charge in [0.2, 0.25) is 0 Å². The Hall–Kier alpha value is -0.960. The Morgan fingerprint density at radius 1 is 1.29 bits per heavy atom. The highest BCUT2D eigenvalue weighted by Crippen LogP contribution is 2.42. The summed E-state index contributed by atoms with van der Waals surface area (Å²) >= 11 is 0. The molecule has 3 heteroatoms. The molecular weight excluding hydrogens is 184 g/mol. The second-order valence-corrected chi connectivity index (χ2v) is 3.74. The molecule has 1 aromatic rings. The monoisotopic (exact) mass is 197 g/mol. The molecule has 1 nitrogen and oxygen atoms in total. The molecule has 0 amide bonds. The van der Waals surface area contributed by atoms with Crippen LogP contribution in [0.15, 0.2) is 18.2 Å². The number of nitrogens with one attached hydrogen (secondary N) is 1. The summed E-state index contributed by atoms with van der Waals surface area (Å²) in [5.74, 6) is -0.501. The fourth-order valence-corrected chi connectivity index (χ4v) is 1.85. The van der Waals surface area contributed by atoms with Gasteiger partial charge in [-0.05, 0) is 37.9 Å². The van der Waals surface area contributed by atoms with Crippen LogP contribution in [0.3, 0.4) is 0 Å². The van der Waals surface area contributed by atoms with E-state index >= 15 is 0 Å². The summed E-state index contributed by atoms with van der Waals surface area (Å²) in [5.41, 5.74) is 0.192. The van der Waals surface area contributed by atoms with Gasteiger partial charge in [-0.25, -0.2) is 8.78 Å². The number of rotatable bonds is 3. The van der Waals surface area contributed by atoms with Crippen LogP contribution in [-0.2, 0) is 0 Å². The van der Waals surface area contributed by atoms with Crippen LogP contribution in [0, 0.1) is 17.6 Å². The number of benzene rings is 1. The fourth-order valence-electron chi connectivity index (χ4n) is 1.85. The quantitative estimate of drug-likeness (QED) is 0.785. The summed E-state index contributed by atoms with van der Waals surface area (Å²) in [6, 6.07) is 3.85. The van der Waals surface area contributed by atoms with E-state index in [4.69, 9.17) is 0 Å². The van der Waals surface area contributed by atoms with Crippen molar-refractivity contribution in [1.82, 2.24) is 5.32 Å². The molecule has 0 spiro atoms. The minimum atomic E-state index is -0.448. The normalized spacial score (nSPS) is 18.2. The molecule has 2 rings (SSSR count). The molecule has 1 aliphatic carbocycles. The SMILES string of the molecule is CNC(c1c(F)cccc1F)C1CC1. The van der Waals surface area contributed by atoms with Crippen LogP contribution in [0.25, 0.3) is 0 Å². The molecule has 76 valence electrons. The van der Waals surface area contributed by atoms with E-state index in [1.54, 1.807) is 7.05 Å². The van der Waals surface area contributed by atoms with E-state index in [2.05, 4.69) is 5.32 Å². The predicted octanol–water partition coefficient (Wildman–Crippen LogP) is 2.64. The number of halogens is 2. The van der Waals surface area contributed by atoms with Gasteiger partial charge < -0.3 is 5.32 Å². The summed E-state index contributed by atoms with van der Waals surface area (Å²) in [4.78, 5) is 0. The summed E-state index contributed by atoms with van der Waals surface area (Å²) < 4.78 is 26.8. The van der Waals surface area contributed by atoms with Crippen molar-refractivity contribution in [3.05, 3.63) is 35.4 Å². The van der Waals surface area contributed by atoms with Gasteiger partial charge in [0.15, 0.2) is 0 Å². The lowest BCUT2D eigenvalue weighted by Crippen LogP contribution is -2.21. The fraction of sp³-hybridized carbons (Fsp3) is 0.455. The molecular formula is C11H13F2N. The van der Waals surface area contributed by atoms with Crippen molar-refractivity contribution in [2.45, 2.75) is 18.9 Å². The third-order valence-electron chi connectivity index (χ3n) is 2.72. The van der Waals surface area contributed by atoms with E-state index < -0.39 is 11.6 Å². The number of hydrogen-bond donors (Lipinski definition) is 1. The molecule has 1 saturated carbocycles. The van der Waals surface area contributed by atoms with Crippen LogP contribution < -0.4 is 5.32 Å². The second-order valence-electron chi connectivity index (χ2n) is 3.74. The largest absolute Gasteiger partial charge is 0.313 e. The molecule has 1 aromatic carbocycles. The van der Waals surface area contributed by atoms with E-state index in [-0.39, 0.29) is 11.6 Å². The topological polar surface area (TPSA) is 12.0 Å². The maximum absolute atomic E-state index is 13.4. The second kappa shape index (κ2) is 3.65. The Morgan fingerprint density at radius 3 is 2.29 bits per heavy atom. The first-order chi connectivity index (χ1) is 6.74. The van der Waals surface area contributed by atoms with Gasteiger partial charge in [-0.15, -0.1) is 0 Å². The average Bonchev–Trinajstić information content (AvgIpc) is 2.95. The zero-order valence-corrected chi connectivity index (χ0v) is 8.06. The predicted molar refractivity (Wildman–Crippen MR) is 50.9 cm³/mol. The summed E-state index contributed by atoms with van der Waals surface area (Å²) in [5, 5.41) is 2.98. The molecule has 0 aromatic heterocycles. The first-order valence-electron chi connectivity index (χ1n) is 4.85. The minimum absolute atomic E-state index is 0.170. The third kappa shape index (κ3) is 1.64. The zero-order valence-electron chi connectivity index (χ0n) is 8.06. The van der Waals surface area contributed by atoms with Gasteiger partial charge in [0.25, 0.3) is 0 Å². The Morgan fingerprint density at radius 2 is 1.86 bits per heavy atom. The standard InChI is InChI=1S/C11H13F2N/c1-14-11(7-5-6-7)10-8(12)3-2-4-9(10)13/h2-4,7,11,14H,5-6H2,1H3. The molecule has 1 N–H and O–H groups in total. The molecule has 1 fully saturated rings. The van der Waals surface area contributed by atoms with Crippen molar-refractivity contribution >= 4 is 0 Å².